The molecule has 0 N–H and O–H groups in total. The molecule has 0 amide bonds. The van der Waals surface area contributed by atoms with Crippen molar-refractivity contribution in [3.63, 3.8) is 0 Å². The Balaban J connectivity index is 2.02. The number of hydrogen-bond donors (Lipinski definition) is 0. The van der Waals surface area contributed by atoms with Gasteiger partial charge in [-0.3, -0.25) is 0 Å². The Kier molecular flexibility index (Phi) is 6.09. The molecule has 0 aliphatic heterocycles. The van der Waals surface area contributed by atoms with Crippen molar-refractivity contribution in [3.8, 4) is 5.75 Å². The van der Waals surface area contributed by atoms with Gasteiger partial charge in [0.25, 0.3) is 0 Å². The van der Waals surface area contributed by atoms with Crippen molar-refractivity contribution < 1.29 is 14.3 Å². The molecule has 0 saturated heterocycles. The molecule has 4 heteroatoms. The van der Waals surface area contributed by atoms with E-state index in [-0.39, 0.29) is 11.4 Å². The number of methoxy groups -OCH3 is 1. The van der Waals surface area contributed by atoms with E-state index in [1.165, 1.54) is 45.6 Å². The molecule has 0 heterocycles. The van der Waals surface area contributed by atoms with E-state index in [0.717, 1.165) is 11.1 Å². The Morgan fingerprint density at radius 3 is 2.57 bits per heavy atom. The summed E-state index contributed by atoms with van der Waals surface area (Å²) in [6.45, 7) is 0.697. The molecule has 0 atom stereocenters. The lowest BCUT2D eigenvalue weighted by atomic mass is 9.83. The maximum atomic E-state index is 11.6. The van der Waals surface area contributed by atoms with Crippen LogP contribution in [-0.4, -0.2) is 25.0 Å². The van der Waals surface area contributed by atoms with E-state index in [4.69, 9.17) is 9.47 Å². The molecule has 1 saturated carbocycles. The first-order valence-electron chi connectivity index (χ1n) is 7.56. The van der Waals surface area contributed by atoms with Crippen LogP contribution in [0.1, 0.15) is 48.9 Å². The molecular weight excluding hydrogens is 332 g/mol. The molecule has 0 unspecified atom stereocenters. The Bertz CT molecular complexity index is 465. The number of hydrogen-bond acceptors (Lipinski definition) is 3. The number of esters is 1. The van der Waals surface area contributed by atoms with Crippen LogP contribution in [0, 0.1) is 5.41 Å². The maximum absolute atomic E-state index is 11.6. The van der Waals surface area contributed by atoms with Gasteiger partial charge in [-0.05, 0) is 31.0 Å². The third-order valence-electron chi connectivity index (χ3n) is 4.25. The zero-order valence-corrected chi connectivity index (χ0v) is 14.2. The largest absolute Gasteiger partial charge is 0.493 e. The topological polar surface area (TPSA) is 35.5 Å². The monoisotopic (exact) mass is 354 g/mol. The van der Waals surface area contributed by atoms with Crippen molar-refractivity contribution in [1.29, 1.82) is 0 Å². The van der Waals surface area contributed by atoms with E-state index in [2.05, 4.69) is 15.9 Å². The molecule has 1 fully saturated rings. The standard InChI is InChI=1S/C17H23BrO3/c1-20-16(19)14-7-6-8-15(11-14)21-13-17(12-18)9-4-2-3-5-10-17/h6-8,11H,2-5,9-10,12-13H2,1H3. The van der Waals surface area contributed by atoms with Crippen LogP contribution in [0.5, 0.6) is 5.75 Å². The number of ether oxygens (including phenoxy) is 2. The van der Waals surface area contributed by atoms with Gasteiger partial charge < -0.3 is 9.47 Å². The van der Waals surface area contributed by atoms with Crippen molar-refractivity contribution in [2.75, 3.05) is 19.0 Å². The van der Waals surface area contributed by atoms with Gasteiger partial charge in [0.15, 0.2) is 0 Å². The summed E-state index contributed by atoms with van der Waals surface area (Å²) in [5.41, 5.74) is 0.751. The maximum Gasteiger partial charge on any atom is 0.337 e. The highest BCUT2D eigenvalue weighted by Crippen LogP contribution is 2.37. The van der Waals surface area contributed by atoms with Crippen LogP contribution >= 0.6 is 15.9 Å². The molecule has 0 spiro atoms. The van der Waals surface area contributed by atoms with Crippen LogP contribution < -0.4 is 4.74 Å². The van der Waals surface area contributed by atoms with E-state index in [1.54, 1.807) is 12.1 Å². The summed E-state index contributed by atoms with van der Waals surface area (Å²) in [7, 11) is 1.39. The molecule has 1 aliphatic carbocycles. The zero-order valence-electron chi connectivity index (χ0n) is 12.6. The van der Waals surface area contributed by atoms with Crippen LogP contribution in [0.3, 0.4) is 0 Å². The quantitative estimate of drug-likeness (QED) is 0.440. The minimum absolute atomic E-state index is 0.220. The molecular formula is C17H23BrO3. The molecule has 0 aromatic heterocycles. The predicted molar refractivity (Wildman–Crippen MR) is 87.2 cm³/mol. The highest BCUT2D eigenvalue weighted by Gasteiger charge is 2.30. The smallest absolute Gasteiger partial charge is 0.337 e. The highest BCUT2D eigenvalue weighted by atomic mass is 79.9. The first-order valence-corrected chi connectivity index (χ1v) is 8.68. The van der Waals surface area contributed by atoms with Crippen LogP contribution in [0.15, 0.2) is 24.3 Å². The van der Waals surface area contributed by atoms with Crippen LogP contribution in [-0.2, 0) is 4.74 Å². The summed E-state index contributed by atoms with van der Waals surface area (Å²) in [6.07, 6.45) is 7.61. The van der Waals surface area contributed by atoms with Gasteiger partial charge in [0.1, 0.15) is 5.75 Å². The van der Waals surface area contributed by atoms with E-state index in [1.807, 2.05) is 12.1 Å². The summed E-state index contributed by atoms with van der Waals surface area (Å²) in [4.78, 5) is 11.6. The van der Waals surface area contributed by atoms with E-state index < -0.39 is 0 Å². The van der Waals surface area contributed by atoms with Crippen LogP contribution in [0.25, 0.3) is 0 Å². The average molecular weight is 355 g/mol. The summed E-state index contributed by atoms with van der Waals surface area (Å²) >= 11 is 3.67. The van der Waals surface area contributed by atoms with E-state index >= 15 is 0 Å². The number of alkyl halides is 1. The summed E-state index contributed by atoms with van der Waals surface area (Å²) in [5, 5.41) is 0.969. The minimum atomic E-state index is -0.329. The lowest BCUT2D eigenvalue weighted by Crippen LogP contribution is -2.30. The zero-order chi connectivity index (χ0) is 15.1. The first kappa shape index (κ1) is 16.3. The Labute approximate surface area is 135 Å². The van der Waals surface area contributed by atoms with Crippen molar-refractivity contribution in [3.05, 3.63) is 29.8 Å². The van der Waals surface area contributed by atoms with E-state index in [0.29, 0.717) is 12.2 Å². The predicted octanol–water partition coefficient (Wildman–Crippen LogP) is 4.59. The minimum Gasteiger partial charge on any atom is -0.493 e. The molecule has 3 nitrogen and oxygen atoms in total. The molecule has 1 aromatic carbocycles. The lowest BCUT2D eigenvalue weighted by Gasteiger charge is -2.30. The van der Waals surface area contributed by atoms with Gasteiger partial charge in [0, 0.05) is 10.7 Å². The fourth-order valence-corrected chi connectivity index (χ4v) is 3.58. The normalized spacial score (nSPS) is 17.8. The van der Waals surface area contributed by atoms with Crippen LogP contribution in [0.2, 0.25) is 0 Å². The summed E-state index contributed by atoms with van der Waals surface area (Å²) < 4.78 is 10.7. The second kappa shape index (κ2) is 7.83. The first-order chi connectivity index (χ1) is 10.2. The summed E-state index contributed by atoms with van der Waals surface area (Å²) in [5.74, 6) is 0.410. The van der Waals surface area contributed by atoms with E-state index in [9.17, 15) is 4.79 Å². The number of halogens is 1. The second-order valence-electron chi connectivity index (χ2n) is 5.86. The fourth-order valence-electron chi connectivity index (χ4n) is 2.86. The number of carbonyl (C=O) groups is 1. The third-order valence-corrected chi connectivity index (χ3v) is 5.44. The molecule has 21 heavy (non-hydrogen) atoms. The number of rotatable bonds is 5. The molecule has 116 valence electrons. The second-order valence-corrected chi connectivity index (χ2v) is 6.42. The van der Waals surface area contributed by atoms with Crippen molar-refractivity contribution in [2.24, 2.45) is 5.41 Å². The Hall–Kier alpha value is -1.03. The van der Waals surface area contributed by atoms with Gasteiger partial charge in [-0.15, -0.1) is 0 Å². The Morgan fingerprint density at radius 2 is 1.95 bits per heavy atom. The van der Waals surface area contributed by atoms with Gasteiger partial charge in [0.2, 0.25) is 0 Å². The van der Waals surface area contributed by atoms with Gasteiger partial charge in [-0.25, -0.2) is 4.79 Å². The molecule has 1 aliphatic rings. The van der Waals surface area contributed by atoms with Gasteiger partial charge in [-0.1, -0.05) is 47.7 Å². The molecule has 0 radical (unpaired) electrons. The van der Waals surface area contributed by atoms with Crippen molar-refractivity contribution in [2.45, 2.75) is 38.5 Å². The third kappa shape index (κ3) is 4.47. The number of carbonyl (C=O) groups excluding carboxylic acids is 1. The molecule has 2 rings (SSSR count). The van der Waals surface area contributed by atoms with Gasteiger partial charge >= 0.3 is 5.97 Å². The average Bonchev–Trinajstić information content (AvgIpc) is 2.78. The highest BCUT2D eigenvalue weighted by molar-refractivity contribution is 9.09. The fraction of sp³-hybridized carbons (Fsp3) is 0.588. The number of benzene rings is 1. The Morgan fingerprint density at radius 1 is 1.24 bits per heavy atom. The van der Waals surface area contributed by atoms with Crippen molar-refractivity contribution in [1.82, 2.24) is 0 Å². The van der Waals surface area contributed by atoms with Crippen LogP contribution in [0.4, 0.5) is 0 Å². The van der Waals surface area contributed by atoms with Crippen molar-refractivity contribution >= 4 is 21.9 Å². The summed E-state index contributed by atoms with van der Waals surface area (Å²) in [6, 6.07) is 7.22. The SMILES string of the molecule is COC(=O)c1cccc(OCC2(CBr)CCCCCC2)c1. The molecule has 1 aromatic rings. The lowest BCUT2D eigenvalue weighted by molar-refractivity contribution is 0.0600. The van der Waals surface area contributed by atoms with Gasteiger partial charge in [-0.2, -0.15) is 0 Å². The molecule has 0 bridgehead atoms. The van der Waals surface area contributed by atoms with Gasteiger partial charge in [0.05, 0.1) is 19.3 Å².